The van der Waals surface area contributed by atoms with Crippen LogP contribution in [-0.2, 0) is 15.7 Å². The van der Waals surface area contributed by atoms with Gasteiger partial charge in [0.25, 0.3) is 0 Å². The maximum atomic E-state index is 12.1. The van der Waals surface area contributed by atoms with Crippen molar-refractivity contribution in [1.29, 1.82) is 0 Å². The molecule has 0 bridgehead atoms. The molecule has 1 N–H and O–H groups in total. The number of hydrogen-bond acceptors (Lipinski definition) is 2. The number of anilines is 1. The van der Waals surface area contributed by atoms with E-state index in [0.717, 1.165) is 18.1 Å². The standard InChI is InChI=1S/C11H22O.C8H6F3NO/c1-10(12-2)8-9-11-6-4-3-5-7-11;9-8(10,11)6-2-1-3-7(4-6)12-5-13/h10-11H,3-9H2,1-2H3;1-5H,(H,12,13). The lowest BCUT2D eigenvalue weighted by Crippen LogP contribution is -2.11. The maximum absolute atomic E-state index is 12.1. The van der Waals surface area contributed by atoms with Crippen molar-refractivity contribution in [3.63, 3.8) is 0 Å². The molecule has 0 aliphatic heterocycles. The van der Waals surface area contributed by atoms with Gasteiger partial charge in [-0.3, -0.25) is 4.79 Å². The molecule has 1 aliphatic rings. The van der Waals surface area contributed by atoms with Gasteiger partial charge in [0, 0.05) is 12.8 Å². The van der Waals surface area contributed by atoms with E-state index < -0.39 is 11.7 Å². The number of alkyl halides is 3. The van der Waals surface area contributed by atoms with Crippen LogP contribution in [0.25, 0.3) is 0 Å². The maximum Gasteiger partial charge on any atom is 0.416 e. The van der Waals surface area contributed by atoms with Gasteiger partial charge in [-0.2, -0.15) is 13.2 Å². The van der Waals surface area contributed by atoms with Gasteiger partial charge in [0.05, 0.1) is 11.7 Å². The zero-order valence-corrected chi connectivity index (χ0v) is 14.9. The van der Waals surface area contributed by atoms with Gasteiger partial charge < -0.3 is 10.1 Å². The average molecular weight is 359 g/mol. The van der Waals surface area contributed by atoms with E-state index >= 15 is 0 Å². The summed E-state index contributed by atoms with van der Waals surface area (Å²) >= 11 is 0. The molecule has 1 fully saturated rings. The van der Waals surface area contributed by atoms with E-state index in [4.69, 9.17) is 4.74 Å². The van der Waals surface area contributed by atoms with E-state index in [9.17, 15) is 18.0 Å². The van der Waals surface area contributed by atoms with Crippen LogP contribution in [0.3, 0.4) is 0 Å². The lowest BCUT2D eigenvalue weighted by Gasteiger charge is -2.22. The predicted octanol–water partition coefficient (Wildman–Crippen LogP) is 5.66. The van der Waals surface area contributed by atoms with Crippen LogP contribution in [0.4, 0.5) is 18.9 Å². The minimum atomic E-state index is -4.37. The molecule has 25 heavy (non-hydrogen) atoms. The summed E-state index contributed by atoms with van der Waals surface area (Å²) < 4.78 is 41.5. The zero-order chi connectivity index (χ0) is 18.7. The van der Waals surface area contributed by atoms with Gasteiger partial charge in [0.1, 0.15) is 0 Å². The summed E-state index contributed by atoms with van der Waals surface area (Å²) in [5.41, 5.74) is -0.649. The minimum absolute atomic E-state index is 0.129. The summed E-state index contributed by atoms with van der Waals surface area (Å²) in [5, 5.41) is 2.14. The number of rotatable bonds is 6. The molecule has 1 aliphatic carbocycles. The van der Waals surface area contributed by atoms with Crippen LogP contribution in [0.5, 0.6) is 0 Å². The highest BCUT2D eigenvalue weighted by molar-refractivity contribution is 5.71. The van der Waals surface area contributed by atoms with Crippen molar-refractivity contribution in [1.82, 2.24) is 0 Å². The highest BCUT2D eigenvalue weighted by atomic mass is 19.4. The molecular formula is C19H28F3NO2. The van der Waals surface area contributed by atoms with Crippen LogP contribution in [0.2, 0.25) is 0 Å². The number of benzene rings is 1. The third-order valence-electron chi connectivity index (χ3n) is 4.52. The molecule has 142 valence electrons. The number of nitrogens with one attached hydrogen (secondary N) is 1. The molecule has 0 radical (unpaired) electrons. The summed E-state index contributed by atoms with van der Waals surface area (Å²) in [5.74, 6) is 1.01. The Bertz CT molecular complexity index is 500. The Morgan fingerprint density at radius 3 is 2.52 bits per heavy atom. The Balaban J connectivity index is 0.000000251. The Kier molecular flexibility index (Phi) is 9.57. The molecule has 2 rings (SSSR count). The third-order valence-corrected chi connectivity index (χ3v) is 4.52. The molecule has 0 saturated heterocycles. The number of carbonyl (C=O) groups excluding carboxylic acids is 1. The molecule has 1 saturated carbocycles. The lowest BCUT2D eigenvalue weighted by molar-refractivity contribution is -0.137. The number of amides is 1. The molecule has 3 nitrogen and oxygen atoms in total. The van der Waals surface area contributed by atoms with Crippen molar-refractivity contribution in [3.8, 4) is 0 Å². The van der Waals surface area contributed by atoms with Crippen LogP contribution in [0.1, 0.15) is 57.4 Å². The van der Waals surface area contributed by atoms with Crippen LogP contribution < -0.4 is 5.32 Å². The molecule has 1 aromatic carbocycles. The van der Waals surface area contributed by atoms with Gasteiger partial charge in [-0.15, -0.1) is 0 Å². The van der Waals surface area contributed by atoms with Crippen molar-refractivity contribution in [2.45, 2.75) is 64.1 Å². The topological polar surface area (TPSA) is 38.3 Å². The largest absolute Gasteiger partial charge is 0.416 e. The van der Waals surface area contributed by atoms with Crippen LogP contribution >= 0.6 is 0 Å². The van der Waals surface area contributed by atoms with Crippen molar-refractivity contribution in [2.24, 2.45) is 5.92 Å². The fourth-order valence-corrected chi connectivity index (χ4v) is 2.92. The van der Waals surface area contributed by atoms with E-state index in [0.29, 0.717) is 12.5 Å². The molecule has 0 aromatic heterocycles. The second-order valence-electron chi connectivity index (χ2n) is 6.47. The highest BCUT2D eigenvalue weighted by Crippen LogP contribution is 2.30. The second kappa shape index (κ2) is 11.1. The van der Waals surface area contributed by atoms with Gasteiger partial charge in [0.2, 0.25) is 6.41 Å². The third kappa shape index (κ3) is 8.91. The van der Waals surface area contributed by atoms with Crippen LogP contribution in [0, 0.1) is 5.92 Å². The number of ether oxygens (including phenoxy) is 1. The van der Waals surface area contributed by atoms with Crippen molar-refractivity contribution in [2.75, 3.05) is 12.4 Å². The number of hydrogen-bond donors (Lipinski definition) is 1. The summed E-state index contributed by atoms with van der Waals surface area (Å²) in [6.07, 6.45) is 6.39. The highest BCUT2D eigenvalue weighted by Gasteiger charge is 2.30. The van der Waals surface area contributed by atoms with Gasteiger partial charge in [-0.1, -0.05) is 38.2 Å². The van der Waals surface area contributed by atoms with E-state index in [1.807, 2.05) is 7.11 Å². The Hall–Kier alpha value is -1.56. The Labute approximate surface area is 147 Å². The van der Waals surface area contributed by atoms with Crippen LogP contribution in [0.15, 0.2) is 24.3 Å². The van der Waals surface area contributed by atoms with Crippen molar-refractivity contribution in [3.05, 3.63) is 29.8 Å². The van der Waals surface area contributed by atoms with E-state index in [1.165, 1.54) is 57.1 Å². The first-order valence-electron chi connectivity index (χ1n) is 8.77. The molecule has 1 amide bonds. The second-order valence-corrected chi connectivity index (χ2v) is 6.47. The lowest BCUT2D eigenvalue weighted by atomic mass is 9.85. The van der Waals surface area contributed by atoms with Gasteiger partial charge in [0.15, 0.2) is 0 Å². The molecule has 1 aromatic rings. The van der Waals surface area contributed by atoms with Gasteiger partial charge >= 0.3 is 6.18 Å². The quantitative estimate of drug-likeness (QED) is 0.666. The first-order chi connectivity index (χ1) is 11.9. The van der Waals surface area contributed by atoms with Crippen molar-refractivity contribution >= 4 is 12.1 Å². The van der Waals surface area contributed by atoms with Gasteiger partial charge in [-0.25, -0.2) is 0 Å². The first-order valence-corrected chi connectivity index (χ1v) is 8.77. The normalized spacial score (nSPS) is 16.5. The summed E-state index contributed by atoms with van der Waals surface area (Å²) in [4.78, 5) is 9.94. The first kappa shape index (κ1) is 21.5. The molecule has 0 heterocycles. The molecule has 0 spiro atoms. The van der Waals surface area contributed by atoms with Crippen molar-refractivity contribution < 1.29 is 22.7 Å². The zero-order valence-electron chi connectivity index (χ0n) is 14.9. The smallest absolute Gasteiger partial charge is 0.382 e. The number of halogens is 3. The number of methoxy groups -OCH3 is 1. The minimum Gasteiger partial charge on any atom is -0.382 e. The molecule has 1 unspecified atom stereocenters. The Morgan fingerprint density at radius 2 is 1.96 bits per heavy atom. The SMILES string of the molecule is COC(C)CCC1CCCCC1.O=CNc1cccc(C(F)(F)F)c1. The van der Waals surface area contributed by atoms with Gasteiger partial charge in [-0.05, 0) is 43.9 Å². The van der Waals surface area contributed by atoms with E-state index in [2.05, 4.69) is 12.2 Å². The predicted molar refractivity (Wildman–Crippen MR) is 93.4 cm³/mol. The molecule has 6 heteroatoms. The molecular weight excluding hydrogens is 331 g/mol. The Morgan fingerprint density at radius 1 is 1.28 bits per heavy atom. The fraction of sp³-hybridized carbons (Fsp3) is 0.632. The number of carbonyl (C=O) groups is 1. The average Bonchev–Trinajstić information content (AvgIpc) is 2.61. The summed E-state index contributed by atoms with van der Waals surface area (Å²) in [6.45, 7) is 2.17. The summed E-state index contributed by atoms with van der Waals surface area (Å²) in [6, 6.07) is 4.42. The fourth-order valence-electron chi connectivity index (χ4n) is 2.92. The van der Waals surface area contributed by atoms with Crippen LogP contribution in [-0.4, -0.2) is 19.6 Å². The molecule has 1 atom stereocenters. The van der Waals surface area contributed by atoms with E-state index in [-0.39, 0.29) is 5.69 Å². The van der Waals surface area contributed by atoms with E-state index in [1.54, 1.807) is 0 Å². The monoisotopic (exact) mass is 359 g/mol. The summed E-state index contributed by atoms with van der Waals surface area (Å²) in [7, 11) is 1.81.